The Balaban J connectivity index is 1.93. The molecule has 1 aromatic heterocycles. The van der Waals surface area contributed by atoms with E-state index < -0.39 is 0 Å². The minimum atomic E-state index is 0.109. The monoisotopic (exact) mass is 336 g/mol. The molecule has 1 amide bonds. The molecule has 2 rings (SSSR count). The van der Waals surface area contributed by atoms with E-state index in [0.29, 0.717) is 6.54 Å². The lowest BCUT2D eigenvalue weighted by atomic mass is 9.94. The number of aromatic nitrogens is 2. The van der Waals surface area contributed by atoms with Gasteiger partial charge in [0.15, 0.2) is 0 Å². The Morgan fingerprint density at radius 2 is 1.96 bits per heavy atom. The molecule has 24 heavy (non-hydrogen) atoms. The lowest BCUT2D eigenvalue weighted by Crippen LogP contribution is -2.43. The summed E-state index contributed by atoms with van der Waals surface area (Å²) in [7, 11) is 1.90. The van der Waals surface area contributed by atoms with Gasteiger partial charge in [-0.3, -0.25) is 14.4 Å². The number of hydrogen-bond acceptors (Lipinski definition) is 4. The van der Waals surface area contributed by atoms with Crippen LogP contribution in [0, 0.1) is 19.8 Å². The third-order valence-electron chi connectivity index (χ3n) is 5.28. The normalized spacial score (nSPS) is 16.8. The number of hydrogen-bond donors (Lipinski definition) is 1. The number of amides is 1. The SMILES string of the molecule is Cc1nn(CCO)c(C)c1CN1CCC(C(=O)N(C)C(C)C)CC1. The topological polar surface area (TPSA) is 61.6 Å². The van der Waals surface area contributed by atoms with E-state index in [1.807, 2.05) is 23.6 Å². The largest absolute Gasteiger partial charge is 0.394 e. The zero-order valence-corrected chi connectivity index (χ0v) is 15.7. The highest BCUT2D eigenvalue weighted by molar-refractivity contribution is 5.78. The predicted molar refractivity (Wildman–Crippen MR) is 94.7 cm³/mol. The number of carbonyl (C=O) groups excluding carboxylic acids is 1. The highest BCUT2D eigenvalue weighted by atomic mass is 16.3. The number of aliphatic hydroxyl groups excluding tert-OH is 1. The van der Waals surface area contributed by atoms with Crippen molar-refractivity contribution in [1.29, 1.82) is 0 Å². The zero-order chi connectivity index (χ0) is 17.9. The van der Waals surface area contributed by atoms with Gasteiger partial charge in [0.25, 0.3) is 0 Å². The second-order valence-corrected chi connectivity index (χ2v) is 7.19. The standard InChI is InChI=1S/C18H32N4O2/c1-13(2)20(5)18(24)16-6-8-21(9-7-16)12-17-14(3)19-22(10-11-23)15(17)4/h13,16,23H,6-12H2,1-5H3. The Labute approximate surface area is 145 Å². The highest BCUT2D eigenvalue weighted by Gasteiger charge is 2.28. The molecule has 0 bridgehead atoms. The van der Waals surface area contributed by atoms with Crippen molar-refractivity contribution in [2.45, 2.75) is 59.7 Å². The van der Waals surface area contributed by atoms with Crippen molar-refractivity contribution < 1.29 is 9.90 Å². The van der Waals surface area contributed by atoms with Gasteiger partial charge in [-0.1, -0.05) is 0 Å². The maximum atomic E-state index is 12.5. The highest BCUT2D eigenvalue weighted by Crippen LogP contribution is 2.23. The van der Waals surface area contributed by atoms with Crippen LogP contribution in [0.2, 0.25) is 0 Å². The molecule has 1 N–H and O–H groups in total. The molecule has 0 spiro atoms. The van der Waals surface area contributed by atoms with Crippen molar-refractivity contribution in [2.24, 2.45) is 5.92 Å². The average Bonchev–Trinajstić information content (AvgIpc) is 2.82. The van der Waals surface area contributed by atoms with E-state index in [0.717, 1.165) is 43.9 Å². The fourth-order valence-electron chi connectivity index (χ4n) is 3.38. The van der Waals surface area contributed by atoms with Crippen LogP contribution in [-0.4, -0.2) is 63.4 Å². The number of nitrogens with zero attached hydrogens (tertiary/aromatic N) is 4. The number of piperidine rings is 1. The van der Waals surface area contributed by atoms with Crippen molar-refractivity contribution in [3.63, 3.8) is 0 Å². The van der Waals surface area contributed by atoms with Gasteiger partial charge in [0, 0.05) is 36.8 Å². The van der Waals surface area contributed by atoms with Crippen molar-refractivity contribution in [3.05, 3.63) is 17.0 Å². The van der Waals surface area contributed by atoms with Gasteiger partial charge in [0.05, 0.1) is 18.8 Å². The molecule has 2 heterocycles. The van der Waals surface area contributed by atoms with Gasteiger partial charge in [-0.2, -0.15) is 5.10 Å². The van der Waals surface area contributed by atoms with Crippen LogP contribution >= 0.6 is 0 Å². The van der Waals surface area contributed by atoms with Gasteiger partial charge in [-0.05, 0) is 53.6 Å². The van der Waals surface area contributed by atoms with Crippen LogP contribution in [0.25, 0.3) is 0 Å². The van der Waals surface area contributed by atoms with Crippen molar-refractivity contribution in [2.75, 3.05) is 26.7 Å². The fraction of sp³-hybridized carbons (Fsp3) is 0.778. The molecule has 1 aliphatic rings. The summed E-state index contributed by atoms with van der Waals surface area (Å²) in [5.41, 5.74) is 3.44. The predicted octanol–water partition coefficient (Wildman–Crippen LogP) is 1.57. The molecule has 0 atom stereocenters. The number of carbonyl (C=O) groups is 1. The quantitative estimate of drug-likeness (QED) is 0.857. The molecule has 0 aromatic carbocycles. The smallest absolute Gasteiger partial charge is 0.225 e. The van der Waals surface area contributed by atoms with Crippen LogP contribution in [-0.2, 0) is 17.9 Å². The maximum Gasteiger partial charge on any atom is 0.225 e. The number of rotatable bonds is 6. The second kappa shape index (κ2) is 8.12. The number of aliphatic hydroxyl groups is 1. The molecule has 0 saturated carbocycles. The first-order valence-corrected chi connectivity index (χ1v) is 8.97. The Kier molecular flexibility index (Phi) is 6.40. The summed E-state index contributed by atoms with van der Waals surface area (Å²) in [5, 5.41) is 13.6. The first kappa shape index (κ1) is 18.9. The second-order valence-electron chi connectivity index (χ2n) is 7.19. The molecule has 1 aromatic rings. The Bertz CT molecular complexity index is 560. The van der Waals surface area contributed by atoms with E-state index in [1.54, 1.807) is 0 Å². The first-order valence-electron chi connectivity index (χ1n) is 8.97. The van der Waals surface area contributed by atoms with Crippen LogP contribution in [0.15, 0.2) is 0 Å². The van der Waals surface area contributed by atoms with Crippen LogP contribution < -0.4 is 0 Å². The van der Waals surface area contributed by atoms with E-state index in [1.165, 1.54) is 5.56 Å². The van der Waals surface area contributed by atoms with E-state index in [4.69, 9.17) is 5.11 Å². The summed E-state index contributed by atoms with van der Waals surface area (Å²) >= 11 is 0. The lowest BCUT2D eigenvalue weighted by molar-refractivity contribution is -0.137. The van der Waals surface area contributed by atoms with Crippen LogP contribution in [0.4, 0.5) is 0 Å². The van der Waals surface area contributed by atoms with Gasteiger partial charge in [0.1, 0.15) is 0 Å². The molecular formula is C18H32N4O2. The third kappa shape index (κ3) is 4.16. The fourth-order valence-corrected chi connectivity index (χ4v) is 3.38. The number of aryl methyl sites for hydroxylation is 1. The van der Waals surface area contributed by atoms with Gasteiger partial charge < -0.3 is 10.0 Å². The summed E-state index contributed by atoms with van der Waals surface area (Å²) < 4.78 is 1.89. The summed E-state index contributed by atoms with van der Waals surface area (Å²) in [6, 6.07) is 0.262. The van der Waals surface area contributed by atoms with E-state index in [-0.39, 0.29) is 24.5 Å². The van der Waals surface area contributed by atoms with Crippen LogP contribution in [0.1, 0.15) is 43.6 Å². The van der Waals surface area contributed by atoms with E-state index >= 15 is 0 Å². The molecule has 1 saturated heterocycles. The van der Waals surface area contributed by atoms with Crippen molar-refractivity contribution in [3.8, 4) is 0 Å². The van der Waals surface area contributed by atoms with Crippen molar-refractivity contribution >= 4 is 5.91 Å². The minimum Gasteiger partial charge on any atom is -0.394 e. The summed E-state index contributed by atoms with van der Waals surface area (Å²) in [6.07, 6.45) is 1.86. The van der Waals surface area contributed by atoms with Gasteiger partial charge in [-0.15, -0.1) is 0 Å². The molecule has 6 nitrogen and oxygen atoms in total. The summed E-state index contributed by atoms with van der Waals surface area (Å²) in [6.45, 7) is 11.7. The summed E-state index contributed by atoms with van der Waals surface area (Å²) in [5.74, 6) is 0.445. The molecule has 1 fully saturated rings. The van der Waals surface area contributed by atoms with Gasteiger partial charge >= 0.3 is 0 Å². The Morgan fingerprint density at radius 3 is 2.50 bits per heavy atom. The van der Waals surface area contributed by atoms with E-state index in [2.05, 4.69) is 30.8 Å². The van der Waals surface area contributed by atoms with Crippen LogP contribution in [0.5, 0.6) is 0 Å². The van der Waals surface area contributed by atoms with Crippen LogP contribution in [0.3, 0.4) is 0 Å². The molecule has 136 valence electrons. The Hall–Kier alpha value is -1.40. The molecule has 6 heteroatoms. The third-order valence-corrected chi connectivity index (χ3v) is 5.28. The van der Waals surface area contributed by atoms with Crippen molar-refractivity contribution in [1.82, 2.24) is 19.6 Å². The van der Waals surface area contributed by atoms with Gasteiger partial charge in [-0.25, -0.2) is 0 Å². The zero-order valence-electron chi connectivity index (χ0n) is 15.7. The molecule has 0 unspecified atom stereocenters. The summed E-state index contributed by atoms with van der Waals surface area (Å²) in [4.78, 5) is 16.7. The maximum absolute atomic E-state index is 12.5. The Morgan fingerprint density at radius 1 is 1.33 bits per heavy atom. The number of likely N-dealkylation sites (tertiary alicyclic amines) is 1. The molecule has 1 aliphatic heterocycles. The molecular weight excluding hydrogens is 304 g/mol. The average molecular weight is 336 g/mol. The van der Waals surface area contributed by atoms with E-state index in [9.17, 15) is 4.79 Å². The molecule has 0 radical (unpaired) electrons. The minimum absolute atomic E-state index is 0.109. The van der Waals surface area contributed by atoms with Gasteiger partial charge in [0.2, 0.25) is 5.91 Å². The lowest BCUT2D eigenvalue weighted by Gasteiger charge is -2.34. The first-order chi connectivity index (χ1) is 11.3. The molecule has 0 aliphatic carbocycles.